The lowest BCUT2D eigenvalue weighted by Gasteiger charge is -2.24. The summed E-state index contributed by atoms with van der Waals surface area (Å²) >= 11 is 0. The lowest BCUT2D eigenvalue weighted by atomic mass is 10.1. The summed E-state index contributed by atoms with van der Waals surface area (Å²) in [5.41, 5.74) is 3.01. The number of benzene rings is 1. The van der Waals surface area contributed by atoms with Crippen molar-refractivity contribution in [3.05, 3.63) is 29.3 Å². The standard InChI is InChI=1S/C20H32N2O/c1-3-21-16(2)8-7-15-23-20-10-6-9-17-18(20)11-12-19(17)22-13-4-5-14-22/h6,9-10,16,19,21H,3-5,7-8,11-15H2,1-2H3. The van der Waals surface area contributed by atoms with E-state index in [4.69, 9.17) is 4.74 Å². The first kappa shape index (κ1) is 16.8. The fraction of sp³-hybridized carbons (Fsp3) is 0.700. The van der Waals surface area contributed by atoms with Crippen molar-refractivity contribution in [3.63, 3.8) is 0 Å². The normalized spacial score (nSPS) is 22.3. The quantitative estimate of drug-likeness (QED) is 0.736. The van der Waals surface area contributed by atoms with Crippen LogP contribution in [0.15, 0.2) is 18.2 Å². The molecule has 128 valence electrons. The molecule has 2 atom stereocenters. The van der Waals surface area contributed by atoms with E-state index in [2.05, 4.69) is 42.3 Å². The van der Waals surface area contributed by atoms with E-state index < -0.39 is 0 Å². The van der Waals surface area contributed by atoms with E-state index in [1.165, 1.54) is 56.3 Å². The molecule has 1 aliphatic carbocycles. The van der Waals surface area contributed by atoms with Crippen LogP contribution in [-0.2, 0) is 6.42 Å². The Balaban J connectivity index is 1.55. The fourth-order valence-electron chi connectivity index (χ4n) is 4.19. The summed E-state index contributed by atoms with van der Waals surface area (Å²) in [6.45, 7) is 8.85. The molecule has 0 saturated carbocycles. The predicted molar refractivity (Wildman–Crippen MR) is 96.2 cm³/mol. The van der Waals surface area contributed by atoms with Crippen LogP contribution in [0, 0.1) is 0 Å². The van der Waals surface area contributed by atoms with E-state index in [0.717, 1.165) is 25.3 Å². The zero-order valence-electron chi connectivity index (χ0n) is 14.8. The van der Waals surface area contributed by atoms with E-state index in [9.17, 15) is 0 Å². The molecule has 1 aromatic carbocycles. The van der Waals surface area contributed by atoms with Crippen LogP contribution in [0.25, 0.3) is 0 Å². The van der Waals surface area contributed by atoms with Gasteiger partial charge in [-0.3, -0.25) is 4.90 Å². The molecule has 0 bridgehead atoms. The Morgan fingerprint density at radius 1 is 1.30 bits per heavy atom. The topological polar surface area (TPSA) is 24.5 Å². The van der Waals surface area contributed by atoms with Crippen molar-refractivity contribution >= 4 is 0 Å². The molecule has 0 aromatic heterocycles. The molecule has 0 amide bonds. The van der Waals surface area contributed by atoms with Crippen molar-refractivity contribution in [1.29, 1.82) is 0 Å². The molecule has 3 nitrogen and oxygen atoms in total. The van der Waals surface area contributed by atoms with E-state index >= 15 is 0 Å². The zero-order chi connectivity index (χ0) is 16.1. The van der Waals surface area contributed by atoms with Crippen LogP contribution in [0.1, 0.15) is 63.1 Å². The highest BCUT2D eigenvalue weighted by Gasteiger charge is 2.31. The van der Waals surface area contributed by atoms with Crippen molar-refractivity contribution in [2.45, 2.75) is 64.5 Å². The predicted octanol–water partition coefficient (Wildman–Crippen LogP) is 3.93. The summed E-state index contributed by atoms with van der Waals surface area (Å²) in [6.07, 6.45) is 7.48. The van der Waals surface area contributed by atoms with Gasteiger partial charge in [0.2, 0.25) is 0 Å². The smallest absolute Gasteiger partial charge is 0.122 e. The number of nitrogens with zero attached hydrogens (tertiary/aromatic N) is 1. The SMILES string of the molecule is CCNC(C)CCCOc1cccc2c1CCC2N1CCCC1. The molecular formula is C20H32N2O. The van der Waals surface area contributed by atoms with Gasteiger partial charge in [0, 0.05) is 12.1 Å². The van der Waals surface area contributed by atoms with Crippen molar-refractivity contribution in [2.24, 2.45) is 0 Å². The minimum Gasteiger partial charge on any atom is -0.493 e. The van der Waals surface area contributed by atoms with Crippen molar-refractivity contribution in [2.75, 3.05) is 26.2 Å². The van der Waals surface area contributed by atoms with Crippen LogP contribution in [0.4, 0.5) is 0 Å². The van der Waals surface area contributed by atoms with Gasteiger partial charge in [-0.1, -0.05) is 19.1 Å². The van der Waals surface area contributed by atoms with E-state index in [1.807, 2.05) is 0 Å². The minimum absolute atomic E-state index is 0.588. The third-order valence-electron chi connectivity index (χ3n) is 5.37. The number of hydrogen-bond acceptors (Lipinski definition) is 3. The summed E-state index contributed by atoms with van der Waals surface area (Å²) in [6, 6.07) is 7.91. The molecular weight excluding hydrogens is 284 g/mol. The van der Waals surface area contributed by atoms with Gasteiger partial charge in [0.1, 0.15) is 5.75 Å². The highest BCUT2D eigenvalue weighted by Crippen LogP contribution is 2.41. The van der Waals surface area contributed by atoms with Crippen LogP contribution >= 0.6 is 0 Å². The lowest BCUT2D eigenvalue weighted by Crippen LogP contribution is -2.25. The maximum absolute atomic E-state index is 6.14. The number of ether oxygens (including phenoxy) is 1. The Hall–Kier alpha value is -1.06. The first-order chi connectivity index (χ1) is 11.3. The molecule has 3 rings (SSSR count). The zero-order valence-corrected chi connectivity index (χ0v) is 14.8. The first-order valence-electron chi connectivity index (χ1n) is 9.51. The van der Waals surface area contributed by atoms with E-state index in [0.29, 0.717) is 12.1 Å². The van der Waals surface area contributed by atoms with Crippen molar-refractivity contribution in [1.82, 2.24) is 10.2 Å². The van der Waals surface area contributed by atoms with Crippen molar-refractivity contribution in [3.8, 4) is 5.75 Å². The van der Waals surface area contributed by atoms with E-state index in [1.54, 1.807) is 0 Å². The van der Waals surface area contributed by atoms with Crippen LogP contribution < -0.4 is 10.1 Å². The second-order valence-electron chi connectivity index (χ2n) is 7.07. The summed E-state index contributed by atoms with van der Waals surface area (Å²) in [7, 11) is 0. The molecule has 23 heavy (non-hydrogen) atoms. The molecule has 0 spiro atoms. The molecule has 1 N–H and O–H groups in total. The Labute approximate surface area is 141 Å². The Kier molecular flexibility index (Phi) is 5.96. The maximum Gasteiger partial charge on any atom is 0.122 e. The third kappa shape index (κ3) is 4.07. The second-order valence-corrected chi connectivity index (χ2v) is 7.07. The van der Waals surface area contributed by atoms with Gasteiger partial charge in [-0.2, -0.15) is 0 Å². The molecule has 2 aliphatic rings. The third-order valence-corrected chi connectivity index (χ3v) is 5.37. The van der Waals surface area contributed by atoms with Crippen LogP contribution in [0.5, 0.6) is 5.75 Å². The number of rotatable bonds is 8. The molecule has 1 heterocycles. The average Bonchev–Trinajstić information content (AvgIpc) is 3.20. The second kappa shape index (κ2) is 8.16. The van der Waals surface area contributed by atoms with Crippen LogP contribution in [0.3, 0.4) is 0 Å². The first-order valence-corrected chi connectivity index (χ1v) is 9.51. The largest absolute Gasteiger partial charge is 0.493 e. The number of hydrogen-bond donors (Lipinski definition) is 1. The number of nitrogens with one attached hydrogen (secondary N) is 1. The van der Waals surface area contributed by atoms with Gasteiger partial charge in [-0.15, -0.1) is 0 Å². The maximum atomic E-state index is 6.14. The molecule has 1 fully saturated rings. The van der Waals surface area contributed by atoms with Crippen LogP contribution in [-0.4, -0.2) is 37.2 Å². The van der Waals surface area contributed by atoms with Gasteiger partial charge in [0.25, 0.3) is 0 Å². The highest BCUT2D eigenvalue weighted by molar-refractivity contribution is 5.45. The molecule has 1 aliphatic heterocycles. The van der Waals surface area contributed by atoms with Gasteiger partial charge < -0.3 is 10.1 Å². The Morgan fingerprint density at radius 2 is 2.13 bits per heavy atom. The Morgan fingerprint density at radius 3 is 2.91 bits per heavy atom. The van der Waals surface area contributed by atoms with Gasteiger partial charge in [0.15, 0.2) is 0 Å². The van der Waals surface area contributed by atoms with E-state index in [-0.39, 0.29) is 0 Å². The summed E-state index contributed by atoms with van der Waals surface area (Å²) in [5, 5.41) is 3.46. The molecule has 1 saturated heterocycles. The Bertz CT molecular complexity index is 496. The summed E-state index contributed by atoms with van der Waals surface area (Å²) in [5.74, 6) is 1.14. The van der Waals surface area contributed by atoms with Gasteiger partial charge in [-0.25, -0.2) is 0 Å². The molecule has 1 aromatic rings. The summed E-state index contributed by atoms with van der Waals surface area (Å²) < 4.78 is 6.14. The average molecular weight is 316 g/mol. The summed E-state index contributed by atoms with van der Waals surface area (Å²) in [4.78, 5) is 2.67. The molecule has 2 unspecified atom stereocenters. The van der Waals surface area contributed by atoms with Gasteiger partial charge in [-0.05, 0) is 82.3 Å². The molecule has 3 heteroatoms. The lowest BCUT2D eigenvalue weighted by molar-refractivity contribution is 0.245. The molecule has 0 radical (unpaired) electrons. The highest BCUT2D eigenvalue weighted by atomic mass is 16.5. The monoisotopic (exact) mass is 316 g/mol. The van der Waals surface area contributed by atoms with Crippen LogP contribution in [0.2, 0.25) is 0 Å². The van der Waals surface area contributed by atoms with Gasteiger partial charge in [0.05, 0.1) is 6.61 Å². The number of fused-ring (bicyclic) bond motifs is 1. The number of likely N-dealkylation sites (tertiary alicyclic amines) is 1. The van der Waals surface area contributed by atoms with Crippen molar-refractivity contribution < 1.29 is 4.74 Å². The minimum atomic E-state index is 0.588. The van der Waals surface area contributed by atoms with Gasteiger partial charge >= 0.3 is 0 Å². The fourth-order valence-corrected chi connectivity index (χ4v) is 4.19.